The van der Waals surface area contributed by atoms with Crippen molar-refractivity contribution in [2.24, 2.45) is 11.7 Å². The number of carbonyl (C=O) groups is 1. The number of urea groups is 1. The monoisotopic (exact) mass is 285 g/mol. The van der Waals surface area contributed by atoms with Gasteiger partial charge in [-0.2, -0.15) is 0 Å². The smallest absolute Gasteiger partial charge is 0.321 e. The van der Waals surface area contributed by atoms with Crippen LogP contribution in [0.2, 0.25) is 0 Å². The average Bonchev–Trinajstić information content (AvgIpc) is 2.38. The lowest BCUT2D eigenvalue weighted by Crippen LogP contribution is -2.36. The van der Waals surface area contributed by atoms with Crippen LogP contribution in [0.15, 0.2) is 18.2 Å². The number of nitrogens with two attached hydrogens (primary N) is 1. The van der Waals surface area contributed by atoms with Crippen molar-refractivity contribution >= 4 is 11.7 Å². The fourth-order valence-corrected chi connectivity index (χ4v) is 1.58. The molecule has 0 heterocycles. The molecule has 0 aliphatic rings. The summed E-state index contributed by atoms with van der Waals surface area (Å²) in [4.78, 5) is 13.3. The van der Waals surface area contributed by atoms with Gasteiger partial charge in [0.2, 0.25) is 0 Å². The van der Waals surface area contributed by atoms with Crippen LogP contribution in [0.4, 0.5) is 19.3 Å². The Morgan fingerprint density at radius 1 is 1.40 bits per heavy atom. The summed E-state index contributed by atoms with van der Waals surface area (Å²) in [7, 11) is 1.60. The number of carbonyl (C=O) groups excluding carboxylic acids is 1. The molecule has 0 aromatic heterocycles. The number of amides is 2. The number of hydrogen-bond donors (Lipinski definition) is 2. The van der Waals surface area contributed by atoms with Crippen LogP contribution >= 0.6 is 0 Å². The van der Waals surface area contributed by atoms with Gasteiger partial charge in [0.15, 0.2) is 0 Å². The number of nitrogens with zero attached hydrogens (tertiary/aromatic N) is 1. The van der Waals surface area contributed by atoms with Crippen molar-refractivity contribution in [1.82, 2.24) is 4.90 Å². The summed E-state index contributed by atoms with van der Waals surface area (Å²) in [6.45, 7) is 4.49. The highest BCUT2D eigenvalue weighted by atomic mass is 19.1. The lowest BCUT2D eigenvalue weighted by Gasteiger charge is -2.22. The van der Waals surface area contributed by atoms with Crippen molar-refractivity contribution in [3.63, 3.8) is 0 Å². The van der Waals surface area contributed by atoms with Gasteiger partial charge in [-0.25, -0.2) is 13.6 Å². The molecule has 0 radical (unpaired) electrons. The van der Waals surface area contributed by atoms with Crippen LogP contribution in [-0.4, -0.2) is 30.6 Å². The quantitative estimate of drug-likeness (QED) is 0.874. The van der Waals surface area contributed by atoms with Crippen LogP contribution in [0, 0.1) is 17.6 Å². The van der Waals surface area contributed by atoms with E-state index in [0.717, 1.165) is 12.1 Å². The Morgan fingerprint density at radius 2 is 2.05 bits per heavy atom. The van der Waals surface area contributed by atoms with Gasteiger partial charge in [-0.15, -0.1) is 0 Å². The van der Waals surface area contributed by atoms with Gasteiger partial charge in [-0.05, 0) is 24.5 Å². The number of hydrogen-bond acceptors (Lipinski definition) is 2. The fraction of sp³-hybridized carbons (Fsp3) is 0.500. The van der Waals surface area contributed by atoms with Crippen molar-refractivity contribution < 1.29 is 13.6 Å². The average molecular weight is 285 g/mol. The second-order valence-corrected chi connectivity index (χ2v) is 5.17. The Bertz CT molecular complexity index is 466. The van der Waals surface area contributed by atoms with E-state index in [-0.39, 0.29) is 11.7 Å². The van der Waals surface area contributed by atoms with E-state index in [4.69, 9.17) is 5.73 Å². The van der Waals surface area contributed by atoms with Crippen molar-refractivity contribution in [1.29, 1.82) is 0 Å². The molecule has 4 nitrogen and oxygen atoms in total. The van der Waals surface area contributed by atoms with Crippen molar-refractivity contribution in [2.45, 2.75) is 26.3 Å². The molecule has 1 atom stereocenters. The number of anilines is 1. The Morgan fingerprint density at radius 3 is 2.60 bits per heavy atom. The van der Waals surface area contributed by atoms with Crippen LogP contribution in [0.5, 0.6) is 0 Å². The van der Waals surface area contributed by atoms with Gasteiger partial charge in [0.1, 0.15) is 11.6 Å². The topological polar surface area (TPSA) is 58.4 Å². The van der Waals surface area contributed by atoms with Crippen molar-refractivity contribution in [3.8, 4) is 0 Å². The number of nitrogens with one attached hydrogen (secondary N) is 1. The minimum atomic E-state index is -0.800. The summed E-state index contributed by atoms with van der Waals surface area (Å²) in [5.74, 6) is -1.15. The van der Waals surface area contributed by atoms with Crippen molar-refractivity contribution in [2.75, 3.05) is 18.9 Å². The lowest BCUT2D eigenvalue weighted by atomic mass is 10.0. The van der Waals surface area contributed by atoms with Gasteiger partial charge in [-0.1, -0.05) is 13.8 Å². The molecule has 2 amide bonds. The van der Waals surface area contributed by atoms with Crippen molar-refractivity contribution in [3.05, 3.63) is 29.8 Å². The summed E-state index contributed by atoms with van der Waals surface area (Å²) in [5.41, 5.74) is 5.85. The SMILES string of the molecule is CC(C)C(N)CCN(C)C(=O)Nc1ccc(F)cc1F. The van der Waals surface area contributed by atoms with Crippen LogP contribution in [0.3, 0.4) is 0 Å². The van der Waals surface area contributed by atoms with Gasteiger partial charge in [0.25, 0.3) is 0 Å². The van der Waals surface area contributed by atoms with Crippen LogP contribution in [-0.2, 0) is 0 Å². The summed E-state index contributed by atoms with van der Waals surface area (Å²) in [6, 6.07) is 2.56. The first-order valence-electron chi connectivity index (χ1n) is 6.54. The van der Waals surface area contributed by atoms with E-state index in [2.05, 4.69) is 5.32 Å². The molecule has 0 spiro atoms. The molecule has 0 saturated heterocycles. The minimum Gasteiger partial charge on any atom is -0.328 e. The fourth-order valence-electron chi connectivity index (χ4n) is 1.58. The zero-order valence-electron chi connectivity index (χ0n) is 12.0. The molecule has 112 valence electrons. The van der Waals surface area contributed by atoms with E-state index in [1.807, 2.05) is 13.8 Å². The Kier molecular flexibility index (Phi) is 5.88. The number of halogens is 2. The van der Waals surface area contributed by atoms with E-state index in [1.165, 1.54) is 11.0 Å². The first kappa shape index (κ1) is 16.4. The summed E-state index contributed by atoms with van der Waals surface area (Å²) in [6.07, 6.45) is 0.660. The third-order valence-electron chi connectivity index (χ3n) is 3.17. The first-order valence-corrected chi connectivity index (χ1v) is 6.54. The van der Waals surface area contributed by atoms with Crippen LogP contribution in [0.25, 0.3) is 0 Å². The van der Waals surface area contributed by atoms with Gasteiger partial charge < -0.3 is 16.0 Å². The third kappa shape index (κ3) is 4.77. The highest BCUT2D eigenvalue weighted by Gasteiger charge is 2.14. The van der Waals surface area contributed by atoms with E-state index >= 15 is 0 Å². The molecule has 0 aliphatic heterocycles. The second-order valence-electron chi connectivity index (χ2n) is 5.17. The second kappa shape index (κ2) is 7.19. The Labute approximate surface area is 117 Å². The van der Waals surface area contributed by atoms with Gasteiger partial charge >= 0.3 is 6.03 Å². The lowest BCUT2D eigenvalue weighted by molar-refractivity contribution is 0.219. The molecule has 20 heavy (non-hydrogen) atoms. The number of benzene rings is 1. The maximum atomic E-state index is 13.4. The molecule has 0 saturated carbocycles. The molecule has 0 bridgehead atoms. The predicted octanol–water partition coefficient (Wildman–Crippen LogP) is 2.80. The number of rotatable bonds is 5. The molecule has 0 fully saturated rings. The van der Waals surface area contributed by atoms with Crippen LogP contribution in [0.1, 0.15) is 20.3 Å². The van der Waals surface area contributed by atoms with Gasteiger partial charge in [0.05, 0.1) is 5.69 Å². The highest BCUT2D eigenvalue weighted by molar-refractivity contribution is 5.89. The predicted molar refractivity (Wildman–Crippen MR) is 75.4 cm³/mol. The summed E-state index contributed by atoms with van der Waals surface area (Å²) >= 11 is 0. The minimum absolute atomic E-state index is 0.00723. The molecule has 1 aromatic carbocycles. The molecular formula is C14H21F2N3O. The maximum absolute atomic E-state index is 13.4. The summed E-state index contributed by atoms with van der Waals surface area (Å²) in [5, 5.41) is 2.39. The van der Waals surface area contributed by atoms with Gasteiger partial charge in [-0.3, -0.25) is 0 Å². The normalized spacial score (nSPS) is 12.3. The maximum Gasteiger partial charge on any atom is 0.321 e. The molecule has 0 aliphatic carbocycles. The van der Waals surface area contributed by atoms with E-state index in [9.17, 15) is 13.6 Å². The molecule has 6 heteroatoms. The van der Waals surface area contributed by atoms with E-state index in [1.54, 1.807) is 7.05 Å². The summed E-state index contributed by atoms with van der Waals surface area (Å²) < 4.78 is 26.2. The zero-order valence-corrected chi connectivity index (χ0v) is 12.0. The van der Waals surface area contributed by atoms with E-state index in [0.29, 0.717) is 18.9 Å². The molecule has 1 rings (SSSR count). The zero-order chi connectivity index (χ0) is 15.3. The largest absolute Gasteiger partial charge is 0.328 e. The Hall–Kier alpha value is -1.69. The van der Waals surface area contributed by atoms with Gasteiger partial charge in [0, 0.05) is 25.7 Å². The molecular weight excluding hydrogens is 264 g/mol. The standard InChI is InChI=1S/C14H21F2N3O/c1-9(2)12(17)6-7-19(3)14(20)18-13-5-4-10(15)8-11(13)16/h4-5,8-9,12H,6-7,17H2,1-3H3,(H,18,20). The van der Waals surface area contributed by atoms with Crippen LogP contribution < -0.4 is 11.1 Å². The highest BCUT2D eigenvalue weighted by Crippen LogP contribution is 2.15. The molecule has 3 N–H and O–H groups in total. The molecule has 1 unspecified atom stereocenters. The molecule has 1 aromatic rings. The first-order chi connectivity index (χ1) is 9.31. The third-order valence-corrected chi connectivity index (χ3v) is 3.17. The Balaban J connectivity index is 2.53. The van der Waals surface area contributed by atoms with E-state index < -0.39 is 17.7 Å².